The Morgan fingerprint density at radius 3 is 2.11 bits per heavy atom. The minimum Gasteiger partial charge on any atom is -0.317 e. The van der Waals surface area contributed by atoms with Crippen molar-refractivity contribution in [3.05, 3.63) is 70.2 Å². The van der Waals surface area contributed by atoms with Crippen LogP contribution in [0.2, 0.25) is 10.0 Å². The second-order valence-corrected chi connectivity index (χ2v) is 10.1. The van der Waals surface area contributed by atoms with Crippen molar-refractivity contribution < 1.29 is 4.79 Å². The van der Waals surface area contributed by atoms with Crippen LogP contribution in [0.25, 0.3) is 0 Å². The molecule has 5 rings (SSSR count). The number of hydrogen-bond acceptors (Lipinski definition) is 6. The number of rotatable bonds is 4. The van der Waals surface area contributed by atoms with Crippen LogP contribution < -0.4 is 14.9 Å². The summed E-state index contributed by atoms with van der Waals surface area (Å²) in [4.78, 5) is 18.8. The molecule has 35 heavy (non-hydrogen) atoms. The molecule has 0 atom stereocenters. The Morgan fingerprint density at radius 1 is 1.00 bits per heavy atom. The van der Waals surface area contributed by atoms with Crippen LogP contribution in [0.4, 0.5) is 10.8 Å². The maximum atomic E-state index is 11.6. The van der Waals surface area contributed by atoms with E-state index in [4.69, 9.17) is 23.2 Å². The molecule has 0 spiro atoms. The van der Waals surface area contributed by atoms with Crippen molar-refractivity contribution in [1.82, 2.24) is 10.3 Å². The van der Waals surface area contributed by atoms with Gasteiger partial charge in [-0.1, -0.05) is 49.5 Å². The van der Waals surface area contributed by atoms with E-state index >= 15 is 0 Å². The van der Waals surface area contributed by atoms with Crippen LogP contribution in [-0.4, -0.2) is 30.5 Å². The number of carbonyl (C=O) groups excluding carboxylic acids is 1. The Labute approximate surface area is 227 Å². The van der Waals surface area contributed by atoms with Crippen molar-refractivity contribution in [3.8, 4) is 0 Å². The van der Waals surface area contributed by atoms with Gasteiger partial charge in [0.05, 0.1) is 0 Å². The van der Waals surface area contributed by atoms with Gasteiger partial charge in [-0.2, -0.15) is 0 Å². The van der Waals surface area contributed by atoms with E-state index in [1.165, 1.54) is 44.3 Å². The summed E-state index contributed by atoms with van der Waals surface area (Å²) in [5.74, 6) is 0.223. The lowest BCUT2D eigenvalue weighted by atomic mass is 10.2. The molecule has 0 unspecified atom stereocenters. The highest BCUT2D eigenvalue weighted by Gasteiger charge is 2.21. The van der Waals surface area contributed by atoms with E-state index in [0.717, 1.165) is 28.7 Å². The lowest BCUT2D eigenvalue weighted by Crippen LogP contribution is -2.23. The smallest absolute Gasteiger partial charge is 0.227 e. The van der Waals surface area contributed by atoms with Gasteiger partial charge in [-0.3, -0.25) is 4.79 Å². The first-order chi connectivity index (χ1) is 17.1. The normalized spacial score (nSPS) is 14.5. The quantitative estimate of drug-likeness (QED) is 0.319. The molecule has 3 aromatic rings. The predicted octanol–water partition coefficient (Wildman–Crippen LogP) is 8.17. The van der Waals surface area contributed by atoms with Gasteiger partial charge in [0, 0.05) is 45.2 Å². The minimum absolute atomic E-state index is 0.223. The summed E-state index contributed by atoms with van der Waals surface area (Å²) >= 11 is 14.2. The van der Waals surface area contributed by atoms with Gasteiger partial charge >= 0.3 is 0 Å². The van der Waals surface area contributed by atoms with E-state index in [1.54, 1.807) is 35.7 Å². The summed E-state index contributed by atoms with van der Waals surface area (Å²) in [7, 11) is 0. The molecule has 2 N–H and O–H groups in total. The number of piperidine rings is 1. The van der Waals surface area contributed by atoms with Gasteiger partial charge in [-0.05, 0) is 86.8 Å². The highest BCUT2D eigenvalue weighted by atomic mass is 35.5. The van der Waals surface area contributed by atoms with Crippen molar-refractivity contribution in [2.75, 3.05) is 29.3 Å². The highest BCUT2D eigenvalue weighted by molar-refractivity contribution is 8.00. The van der Waals surface area contributed by atoms with Crippen molar-refractivity contribution >= 4 is 63.2 Å². The second-order valence-electron chi connectivity index (χ2n) is 7.43. The third-order valence-corrected chi connectivity index (χ3v) is 7.00. The van der Waals surface area contributed by atoms with Crippen molar-refractivity contribution in [2.45, 2.75) is 50.8 Å². The van der Waals surface area contributed by atoms with Crippen LogP contribution in [-0.2, 0) is 4.79 Å². The molecule has 0 saturated carbocycles. The van der Waals surface area contributed by atoms with Crippen molar-refractivity contribution in [3.63, 3.8) is 0 Å². The van der Waals surface area contributed by atoms with Crippen LogP contribution >= 0.6 is 46.5 Å². The summed E-state index contributed by atoms with van der Waals surface area (Å²) in [6.07, 6.45) is 7.62. The first-order valence-corrected chi connectivity index (χ1v) is 14.4. The van der Waals surface area contributed by atoms with E-state index in [-0.39, 0.29) is 5.91 Å². The summed E-state index contributed by atoms with van der Waals surface area (Å²) in [5.41, 5.74) is 0.987. The molecule has 0 bridgehead atoms. The zero-order valence-electron chi connectivity index (χ0n) is 20.3. The number of halogens is 2. The molecule has 3 heterocycles. The molecule has 1 amide bonds. The molecule has 1 aromatic heterocycles. The van der Waals surface area contributed by atoms with Crippen LogP contribution in [0, 0.1) is 0 Å². The van der Waals surface area contributed by atoms with Gasteiger partial charge in [0.25, 0.3) is 0 Å². The van der Waals surface area contributed by atoms with Gasteiger partial charge < -0.3 is 14.9 Å². The molecule has 5 nitrogen and oxygen atoms in total. The number of amides is 1. The van der Waals surface area contributed by atoms with Gasteiger partial charge in [0.1, 0.15) is 0 Å². The highest BCUT2D eigenvalue weighted by Crippen LogP contribution is 2.26. The fourth-order valence-corrected chi connectivity index (χ4v) is 4.91. The molecule has 2 aliphatic rings. The number of nitrogens with zero attached hydrogens (tertiary/aromatic N) is 2. The van der Waals surface area contributed by atoms with E-state index in [1.807, 2.05) is 54.5 Å². The van der Waals surface area contributed by atoms with Crippen LogP contribution in [0.5, 0.6) is 0 Å². The number of nitrogens with one attached hydrogen (secondary N) is 2. The molecule has 2 fully saturated rings. The molecular formula is C26H34Cl2N4OS2. The van der Waals surface area contributed by atoms with Gasteiger partial charge in [0.2, 0.25) is 5.91 Å². The molecular weight excluding hydrogens is 519 g/mol. The van der Waals surface area contributed by atoms with E-state index < -0.39 is 0 Å². The fraction of sp³-hybridized carbons (Fsp3) is 0.385. The predicted molar refractivity (Wildman–Crippen MR) is 154 cm³/mol. The number of aromatic nitrogens is 1. The first-order valence-electron chi connectivity index (χ1n) is 12.0. The first kappa shape index (κ1) is 29.5. The number of carbonyl (C=O) groups is 1. The summed E-state index contributed by atoms with van der Waals surface area (Å²) in [6, 6.07) is 15.1. The topological polar surface area (TPSA) is 57.3 Å². The van der Waals surface area contributed by atoms with Crippen LogP contribution in [0.3, 0.4) is 0 Å². The molecule has 190 valence electrons. The summed E-state index contributed by atoms with van der Waals surface area (Å²) < 4.78 is 3.18. The summed E-state index contributed by atoms with van der Waals surface area (Å²) in [5, 5.41) is 7.47. The van der Waals surface area contributed by atoms with E-state index in [0.29, 0.717) is 16.5 Å². The Balaban J connectivity index is 0.000000222. The third-order valence-electron chi connectivity index (χ3n) is 4.90. The minimum atomic E-state index is 0.223. The van der Waals surface area contributed by atoms with Crippen LogP contribution in [0.1, 0.15) is 46.0 Å². The zero-order chi connectivity index (χ0) is 25.3. The molecule has 0 aliphatic carbocycles. The van der Waals surface area contributed by atoms with E-state index in [2.05, 4.69) is 15.0 Å². The monoisotopic (exact) mass is 552 g/mol. The Hall–Kier alpha value is -1.77. The molecule has 2 aliphatic heterocycles. The molecule has 2 saturated heterocycles. The number of thiazole rings is 1. The van der Waals surface area contributed by atoms with Gasteiger partial charge in [-0.15, -0.1) is 11.3 Å². The number of benzene rings is 2. The average Bonchev–Trinajstić information content (AvgIpc) is 3.58. The summed E-state index contributed by atoms with van der Waals surface area (Å²) in [6.45, 7) is 7.34. The van der Waals surface area contributed by atoms with Crippen molar-refractivity contribution in [2.24, 2.45) is 0 Å². The SMILES string of the molecule is C1CCNCC1.CC.Clc1cccc(Cl)c1.O=C1CCCN1c1ccc(SNc2nccs2)cc1. The number of anilines is 2. The average molecular weight is 554 g/mol. The molecule has 2 aromatic carbocycles. The lowest BCUT2D eigenvalue weighted by Gasteiger charge is -2.15. The Morgan fingerprint density at radius 2 is 1.69 bits per heavy atom. The van der Waals surface area contributed by atoms with E-state index in [9.17, 15) is 4.79 Å². The largest absolute Gasteiger partial charge is 0.317 e. The maximum absolute atomic E-state index is 11.6. The third kappa shape index (κ3) is 11.7. The number of hydrogen-bond donors (Lipinski definition) is 2. The van der Waals surface area contributed by atoms with Crippen LogP contribution in [0.15, 0.2) is 65.0 Å². The zero-order valence-corrected chi connectivity index (χ0v) is 23.5. The maximum Gasteiger partial charge on any atom is 0.227 e. The second kappa shape index (κ2) is 17.6. The Bertz CT molecular complexity index is 939. The van der Waals surface area contributed by atoms with Gasteiger partial charge in [-0.25, -0.2) is 4.98 Å². The fourth-order valence-electron chi connectivity index (χ4n) is 3.25. The Kier molecular flexibility index (Phi) is 14.8. The lowest BCUT2D eigenvalue weighted by molar-refractivity contribution is -0.117. The standard InChI is InChI=1S/C13H13N3OS2.C6H4Cl2.C5H11N.C2H6/c17-12-2-1-8-16(12)10-3-5-11(6-4-10)19-15-13-14-7-9-18-13;7-5-2-1-3-6(8)4-5;1-2-4-6-5-3-1;1-2/h3-7,9H,1-2,8H2,(H,14,15);1-4H;6H,1-5H2;1-2H3. The molecule has 0 radical (unpaired) electrons. The van der Waals surface area contributed by atoms with Gasteiger partial charge in [0.15, 0.2) is 5.13 Å². The molecule has 9 heteroatoms. The van der Waals surface area contributed by atoms with Crippen molar-refractivity contribution in [1.29, 1.82) is 0 Å².